The summed E-state index contributed by atoms with van der Waals surface area (Å²) in [6.45, 7) is 1.64. The first-order valence-electron chi connectivity index (χ1n) is 5.64. The summed E-state index contributed by atoms with van der Waals surface area (Å²) in [6, 6.07) is 7.45. The monoisotopic (exact) mass is 329 g/mol. The molecule has 2 rings (SSSR count). The lowest BCUT2D eigenvalue weighted by molar-refractivity contribution is 0.576. The first kappa shape index (κ1) is 13.9. The summed E-state index contributed by atoms with van der Waals surface area (Å²) in [5, 5.41) is 2.65. The fourth-order valence-corrected chi connectivity index (χ4v) is 2.16. The quantitative estimate of drug-likeness (QED) is 0.831. The zero-order chi connectivity index (χ0) is 14.0. The van der Waals surface area contributed by atoms with Gasteiger partial charge >= 0.3 is 0 Å². The van der Waals surface area contributed by atoms with E-state index in [-0.39, 0.29) is 5.69 Å². The van der Waals surface area contributed by atoms with Crippen LogP contribution in [-0.2, 0) is 0 Å². The number of hydrogen-bond donors (Lipinski definition) is 1. The van der Waals surface area contributed by atoms with Gasteiger partial charge in [-0.15, -0.1) is 0 Å². The average molecular weight is 330 g/mol. The molecule has 0 bridgehead atoms. The molecule has 1 nitrogen and oxygen atoms in total. The standard InChI is InChI=1S/C14H11BrF3N/c1-8(10-7-9(15)5-6-11(10)16)19-14-12(17)3-2-4-13(14)18/h2-8,19H,1H3. The van der Waals surface area contributed by atoms with E-state index < -0.39 is 23.5 Å². The van der Waals surface area contributed by atoms with Crippen LogP contribution in [0.4, 0.5) is 18.9 Å². The number of rotatable bonds is 3. The minimum absolute atomic E-state index is 0.255. The molecule has 0 aliphatic rings. The topological polar surface area (TPSA) is 12.0 Å². The zero-order valence-corrected chi connectivity index (χ0v) is 11.6. The van der Waals surface area contributed by atoms with Crippen LogP contribution in [0.2, 0.25) is 0 Å². The predicted molar refractivity (Wildman–Crippen MR) is 72.5 cm³/mol. The molecule has 0 spiro atoms. The molecule has 0 radical (unpaired) electrons. The molecule has 0 amide bonds. The van der Waals surface area contributed by atoms with Gasteiger partial charge in [0.25, 0.3) is 0 Å². The number of hydrogen-bond acceptors (Lipinski definition) is 1. The zero-order valence-electron chi connectivity index (χ0n) is 10.1. The van der Waals surface area contributed by atoms with E-state index in [1.165, 1.54) is 12.1 Å². The van der Waals surface area contributed by atoms with Gasteiger partial charge in [-0.2, -0.15) is 0 Å². The van der Waals surface area contributed by atoms with Gasteiger partial charge in [-0.05, 0) is 37.3 Å². The molecule has 2 aromatic carbocycles. The van der Waals surface area contributed by atoms with Gasteiger partial charge < -0.3 is 5.32 Å². The molecule has 19 heavy (non-hydrogen) atoms. The lowest BCUT2D eigenvalue weighted by atomic mass is 10.1. The van der Waals surface area contributed by atoms with Gasteiger partial charge in [0.1, 0.15) is 23.1 Å². The molecular formula is C14H11BrF3N. The second-order valence-electron chi connectivity index (χ2n) is 4.13. The van der Waals surface area contributed by atoms with Gasteiger partial charge in [0.05, 0.1) is 6.04 Å². The van der Waals surface area contributed by atoms with Crippen LogP contribution in [0.3, 0.4) is 0 Å². The van der Waals surface area contributed by atoms with E-state index in [4.69, 9.17) is 0 Å². The summed E-state index contributed by atoms with van der Waals surface area (Å²) in [5.74, 6) is -1.84. The Hall–Kier alpha value is -1.49. The van der Waals surface area contributed by atoms with E-state index in [1.54, 1.807) is 19.1 Å². The van der Waals surface area contributed by atoms with Gasteiger partial charge in [0, 0.05) is 10.0 Å². The van der Waals surface area contributed by atoms with Crippen LogP contribution in [0.1, 0.15) is 18.5 Å². The van der Waals surface area contributed by atoms with E-state index in [1.807, 2.05) is 0 Å². The van der Waals surface area contributed by atoms with Crippen molar-refractivity contribution >= 4 is 21.6 Å². The van der Waals surface area contributed by atoms with Crippen LogP contribution in [0.25, 0.3) is 0 Å². The van der Waals surface area contributed by atoms with Gasteiger partial charge in [-0.3, -0.25) is 0 Å². The second-order valence-corrected chi connectivity index (χ2v) is 5.04. The Morgan fingerprint density at radius 1 is 1.00 bits per heavy atom. The van der Waals surface area contributed by atoms with Crippen molar-refractivity contribution in [1.82, 2.24) is 0 Å². The van der Waals surface area contributed by atoms with Crippen LogP contribution in [0, 0.1) is 17.5 Å². The molecule has 100 valence electrons. The lowest BCUT2D eigenvalue weighted by Gasteiger charge is -2.17. The maximum absolute atomic E-state index is 13.7. The molecule has 0 fully saturated rings. The Bertz CT molecular complexity index is 581. The van der Waals surface area contributed by atoms with Crippen molar-refractivity contribution < 1.29 is 13.2 Å². The summed E-state index contributed by atoms with van der Waals surface area (Å²) in [4.78, 5) is 0. The molecule has 0 heterocycles. The third-order valence-corrected chi connectivity index (χ3v) is 3.24. The van der Waals surface area contributed by atoms with E-state index in [9.17, 15) is 13.2 Å². The fourth-order valence-electron chi connectivity index (χ4n) is 1.78. The SMILES string of the molecule is CC(Nc1c(F)cccc1F)c1cc(Br)ccc1F. The first-order chi connectivity index (χ1) is 8.99. The maximum Gasteiger partial charge on any atom is 0.149 e. The highest BCUT2D eigenvalue weighted by Crippen LogP contribution is 2.27. The summed E-state index contributed by atoms with van der Waals surface area (Å²) >= 11 is 3.24. The summed E-state index contributed by atoms with van der Waals surface area (Å²) in [6.07, 6.45) is 0. The first-order valence-corrected chi connectivity index (χ1v) is 6.44. The Balaban J connectivity index is 2.31. The third-order valence-electron chi connectivity index (χ3n) is 2.75. The normalized spacial score (nSPS) is 12.3. The van der Waals surface area contributed by atoms with E-state index in [0.29, 0.717) is 10.0 Å². The van der Waals surface area contributed by atoms with Gasteiger partial charge in [-0.1, -0.05) is 22.0 Å². The van der Waals surface area contributed by atoms with Crippen molar-refractivity contribution in [2.24, 2.45) is 0 Å². The Kier molecular flexibility index (Phi) is 4.14. The third kappa shape index (κ3) is 3.10. The van der Waals surface area contributed by atoms with Crippen LogP contribution >= 0.6 is 15.9 Å². The molecule has 2 aromatic rings. The van der Waals surface area contributed by atoms with E-state index in [0.717, 1.165) is 12.1 Å². The van der Waals surface area contributed by atoms with Crippen LogP contribution in [0.5, 0.6) is 0 Å². The number of halogens is 4. The summed E-state index contributed by atoms with van der Waals surface area (Å²) in [7, 11) is 0. The molecule has 1 unspecified atom stereocenters. The molecule has 0 saturated carbocycles. The van der Waals surface area contributed by atoms with Crippen molar-refractivity contribution in [2.75, 3.05) is 5.32 Å². The molecule has 0 aliphatic heterocycles. The highest BCUT2D eigenvalue weighted by molar-refractivity contribution is 9.10. The predicted octanol–water partition coefficient (Wildman–Crippen LogP) is 5.04. The molecular weight excluding hydrogens is 319 g/mol. The summed E-state index contributed by atoms with van der Waals surface area (Å²) < 4.78 is 41.4. The summed E-state index contributed by atoms with van der Waals surface area (Å²) in [5.41, 5.74) is 0.0754. The fraction of sp³-hybridized carbons (Fsp3) is 0.143. The van der Waals surface area contributed by atoms with Gasteiger partial charge in [0.2, 0.25) is 0 Å². The van der Waals surface area contributed by atoms with Crippen LogP contribution < -0.4 is 5.32 Å². The van der Waals surface area contributed by atoms with Crippen molar-refractivity contribution in [3.8, 4) is 0 Å². The maximum atomic E-state index is 13.7. The van der Waals surface area contributed by atoms with Crippen molar-refractivity contribution in [1.29, 1.82) is 0 Å². The second kappa shape index (κ2) is 5.65. The Labute approximate surface area is 117 Å². The Morgan fingerprint density at radius 2 is 1.63 bits per heavy atom. The van der Waals surface area contributed by atoms with Crippen LogP contribution in [0.15, 0.2) is 40.9 Å². The highest BCUT2D eigenvalue weighted by atomic mass is 79.9. The van der Waals surface area contributed by atoms with Gasteiger partial charge in [0.15, 0.2) is 0 Å². The van der Waals surface area contributed by atoms with E-state index >= 15 is 0 Å². The highest BCUT2D eigenvalue weighted by Gasteiger charge is 2.15. The minimum atomic E-state index is -0.706. The van der Waals surface area contributed by atoms with Crippen LogP contribution in [-0.4, -0.2) is 0 Å². The van der Waals surface area contributed by atoms with Crippen molar-refractivity contribution in [3.63, 3.8) is 0 Å². The molecule has 0 saturated heterocycles. The number of anilines is 1. The molecule has 0 aliphatic carbocycles. The average Bonchev–Trinajstić information content (AvgIpc) is 2.37. The number of para-hydroxylation sites is 1. The lowest BCUT2D eigenvalue weighted by Crippen LogP contribution is -2.11. The molecule has 5 heteroatoms. The largest absolute Gasteiger partial charge is 0.374 e. The Morgan fingerprint density at radius 3 is 2.26 bits per heavy atom. The molecule has 1 atom stereocenters. The van der Waals surface area contributed by atoms with Gasteiger partial charge in [-0.25, -0.2) is 13.2 Å². The van der Waals surface area contributed by atoms with E-state index in [2.05, 4.69) is 21.2 Å². The smallest absolute Gasteiger partial charge is 0.149 e. The van der Waals surface area contributed by atoms with Crippen molar-refractivity contribution in [3.05, 3.63) is 63.9 Å². The van der Waals surface area contributed by atoms with Crippen molar-refractivity contribution in [2.45, 2.75) is 13.0 Å². The minimum Gasteiger partial charge on any atom is -0.374 e. The molecule has 0 aromatic heterocycles. The number of benzene rings is 2. The molecule has 1 N–H and O–H groups in total. The number of nitrogens with one attached hydrogen (secondary N) is 1.